The van der Waals surface area contributed by atoms with Gasteiger partial charge in [-0.25, -0.2) is 0 Å². The Labute approximate surface area is 256 Å². The predicted molar refractivity (Wildman–Crippen MR) is 173 cm³/mol. The summed E-state index contributed by atoms with van der Waals surface area (Å²) in [4.78, 5) is 0. The molecule has 0 atom stereocenters. The van der Waals surface area contributed by atoms with Crippen LogP contribution in [0.2, 0.25) is 0 Å². The fourth-order valence-corrected chi connectivity index (χ4v) is 5.41. The summed E-state index contributed by atoms with van der Waals surface area (Å²) < 4.78 is 142. The monoisotopic (exact) mass is 522 g/mol. The van der Waals surface area contributed by atoms with Crippen LogP contribution in [-0.2, 0) is 0 Å². The first-order chi connectivity index (χ1) is 26.5. The summed E-state index contributed by atoms with van der Waals surface area (Å²) in [6.07, 6.45) is 0. The average molecular weight is 523 g/mol. The summed E-state index contributed by atoms with van der Waals surface area (Å²) in [5, 5.41) is 0.680. The van der Waals surface area contributed by atoms with E-state index in [4.69, 9.17) is 15.1 Å². The molecule has 0 aliphatic carbocycles. The fourth-order valence-electron chi connectivity index (χ4n) is 5.41. The molecule has 0 aliphatic heterocycles. The van der Waals surface area contributed by atoms with Crippen LogP contribution in [0.4, 0.5) is 0 Å². The van der Waals surface area contributed by atoms with E-state index in [0.717, 1.165) is 10.8 Å². The molecule has 0 radical (unpaired) electrons. The second-order valence-electron chi connectivity index (χ2n) is 9.29. The number of hydrogen-bond donors (Lipinski definition) is 0. The van der Waals surface area contributed by atoms with Gasteiger partial charge in [0.15, 0.2) is 0 Å². The van der Waals surface area contributed by atoms with E-state index in [1.165, 1.54) is 0 Å². The van der Waals surface area contributed by atoms with Crippen molar-refractivity contribution in [2.24, 2.45) is 0 Å². The number of rotatable bonds is 3. The summed E-state index contributed by atoms with van der Waals surface area (Å²) in [5.74, 6) is 0. The molecule has 186 valence electrons. The van der Waals surface area contributed by atoms with Gasteiger partial charge in [0.25, 0.3) is 0 Å². The lowest BCUT2D eigenvalue weighted by Gasteiger charge is -2.19. The van der Waals surface area contributed by atoms with Gasteiger partial charge in [0.1, 0.15) is 0 Å². The molecule has 0 N–H and O–H groups in total. The maximum absolute atomic E-state index is 9.37. The van der Waals surface area contributed by atoms with Crippen molar-refractivity contribution in [1.82, 2.24) is 0 Å². The van der Waals surface area contributed by atoms with Gasteiger partial charge in [-0.1, -0.05) is 151 Å². The molecule has 0 aromatic heterocycles. The molecule has 0 saturated heterocycles. The SMILES string of the molecule is [2H]c1c([2H])c([2H])c(-c2c3c([2H])c([2H])c([2H])c([2H])c3c(-c3c([2H])c([2H])c([2H])c4c(-c5ccc6ccccc6c5)cccc34)c3c([2H])c([2H])c([2H])c([2H])c23)c([2H])c1[2H]. The Bertz CT molecular complexity index is 2990. The van der Waals surface area contributed by atoms with Crippen LogP contribution in [-0.4, -0.2) is 0 Å². The second-order valence-corrected chi connectivity index (χ2v) is 9.29. The molecule has 8 rings (SSSR count). The van der Waals surface area contributed by atoms with Gasteiger partial charge in [-0.3, -0.25) is 0 Å². The lowest BCUT2D eigenvalue weighted by atomic mass is 9.84. The highest BCUT2D eigenvalue weighted by atomic mass is 14.2. The van der Waals surface area contributed by atoms with Crippen LogP contribution in [0.1, 0.15) is 21.9 Å². The number of fused-ring (bicyclic) bond motifs is 4. The standard InChI is InChI=1S/C40H26/c1-2-13-28(14-3-1)39-35-16-6-8-18-37(35)40(38-19-9-7-17-36(38)39)34-23-11-21-32-31(20-10-22-33(32)34)30-25-24-27-12-4-5-15-29(27)26-30/h1-26H/i1D,2D,3D,6D,7D,8D,9D,11D,13D,14D,16D,17D,18D,19D,21D,23D. The number of hydrogen-bond acceptors (Lipinski definition) is 0. The van der Waals surface area contributed by atoms with E-state index in [1.54, 1.807) is 18.2 Å². The first-order valence-electron chi connectivity index (χ1n) is 20.6. The molecule has 0 heteroatoms. The van der Waals surface area contributed by atoms with Crippen molar-refractivity contribution in [1.29, 1.82) is 0 Å². The van der Waals surface area contributed by atoms with E-state index in [0.29, 0.717) is 11.1 Å². The lowest BCUT2D eigenvalue weighted by Crippen LogP contribution is -1.92. The van der Waals surface area contributed by atoms with Gasteiger partial charge >= 0.3 is 0 Å². The largest absolute Gasteiger partial charge is 0.0629 e. The van der Waals surface area contributed by atoms with E-state index in [-0.39, 0.29) is 38.7 Å². The van der Waals surface area contributed by atoms with Crippen molar-refractivity contribution in [2.45, 2.75) is 0 Å². The van der Waals surface area contributed by atoms with Gasteiger partial charge < -0.3 is 0 Å². The minimum Gasteiger partial charge on any atom is -0.0622 e. The molecule has 8 aromatic carbocycles. The molecule has 40 heavy (non-hydrogen) atoms. The summed E-state index contributed by atoms with van der Waals surface area (Å²) in [5.41, 5.74) is -0.233. The van der Waals surface area contributed by atoms with E-state index in [9.17, 15) is 6.85 Å². The van der Waals surface area contributed by atoms with Crippen molar-refractivity contribution < 1.29 is 21.9 Å². The Morgan fingerprint density at radius 3 is 1.70 bits per heavy atom. The van der Waals surface area contributed by atoms with E-state index >= 15 is 0 Å². The Morgan fingerprint density at radius 2 is 0.975 bits per heavy atom. The normalized spacial score (nSPS) is 17.1. The van der Waals surface area contributed by atoms with Crippen LogP contribution >= 0.6 is 0 Å². The van der Waals surface area contributed by atoms with E-state index < -0.39 is 113 Å². The smallest absolute Gasteiger partial charge is 0.0622 e. The zero-order chi connectivity index (χ0) is 40.4. The molecule has 0 aliphatic rings. The van der Waals surface area contributed by atoms with Crippen LogP contribution in [0.15, 0.2) is 157 Å². The highest BCUT2D eigenvalue weighted by molar-refractivity contribution is 6.24. The van der Waals surface area contributed by atoms with Crippen molar-refractivity contribution in [2.75, 3.05) is 0 Å². The summed E-state index contributed by atoms with van der Waals surface area (Å²) in [7, 11) is 0. The summed E-state index contributed by atoms with van der Waals surface area (Å²) in [6.45, 7) is 0. The maximum atomic E-state index is 9.37. The minimum absolute atomic E-state index is 0.152. The van der Waals surface area contributed by atoms with E-state index in [1.807, 2.05) is 42.5 Å². The van der Waals surface area contributed by atoms with Crippen molar-refractivity contribution >= 4 is 43.1 Å². The molecule has 8 aromatic rings. The zero-order valence-electron chi connectivity index (χ0n) is 36.8. The molecule has 0 amide bonds. The van der Waals surface area contributed by atoms with Gasteiger partial charge in [-0.2, -0.15) is 0 Å². The molecule has 0 saturated carbocycles. The van der Waals surface area contributed by atoms with Crippen LogP contribution in [0, 0.1) is 0 Å². The quantitative estimate of drug-likeness (QED) is 0.202. The van der Waals surface area contributed by atoms with Crippen LogP contribution in [0.5, 0.6) is 0 Å². The topological polar surface area (TPSA) is 0 Å². The minimum atomic E-state index is -0.779. The molecule has 0 heterocycles. The van der Waals surface area contributed by atoms with Gasteiger partial charge in [0.05, 0.1) is 21.9 Å². The first-order valence-corrected chi connectivity index (χ1v) is 12.6. The summed E-state index contributed by atoms with van der Waals surface area (Å²) in [6, 6.07) is 7.14. The molecular formula is C40H26. The van der Waals surface area contributed by atoms with Crippen LogP contribution in [0.25, 0.3) is 76.5 Å². The van der Waals surface area contributed by atoms with E-state index in [2.05, 4.69) is 0 Å². The van der Waals surface area contributed by atoms with Gasteiger partial charge in [-0.05, 0) is 82.5 Å². The van der Waals surface area contributed by atoms with Gasteiger partial charge in [-0.15, -0.1) is 0 Å². The Balaban J connectivity index is 1.70. The van der Waals surface area contributed by atoms with Gasteiger partial charge in [0, 0.05) is 0 Å². The zero-order valence-corrected chi connectivity index (χ0v) is 20.8. The van der Waals surface area contributed by atoms with Crippen molar-refractivity contribution in [3.63, 3.8) is 0 Å². The Morgan fingerprint density at radius 1 is 0.350 bits per heavy atom. The molecular weight excluding hydrogens is 480 g/mol. The third-order valence-corrected chi connectivity index (χ3v) is 7.14. The fraction of sp³-hybridized carbons (Fsp3) is 0. The lowest BCUT2D eigenvalue weighted by molar-refractivity contribution is 1.65. The molecule has 0 fully saturated rings. The van der Waals surface area contributed by atoms with Crippen LogP contribution < -0.4 is 0 Å². The van der Waals surface area contributed by atoms with Crippen LogP contribution in [0.3, 0.4) is 0 Å². The third kappa shape index (κ3) is 3.54. The predicted octanol–water partition coefficient (Wildman–Crippen LogP) is 11.3. The highest BCUT2D eigenvalue weighted by Crippen LogP contribution is 2.46. The average Bonchev–Trinajstić information content (AvgIpc) is 3.20. The molecule has 0 bridgehead atoms. The number of benzene rings is 8. The van der Waals surface area contributed by atoms with Gasteiger partial charge in [0.2, 0.25) is 0 Å². The van der Waals surface area contributed by atoms with Crippen molar-refractivity contribution in [3.05, 3.63) is 157 Å². The molecule has 0 unspecified atom stereocenters. The maximum Gasteiger partial charge on any atom is 0.0629 e. The highest BCUT2D eigenvalue weighted by Gasteiger charge is 2.18. The first kappa shape index (κ1) is 11.9. The molecule has 0 nitrogen and oxygen atoms in total. The Kier molecular flexibility index (Phi) is 2.74. The molecule has 0 spiro atoms. The Hall–Kier alpha value is -5.20. The summed E-state index contributed by atoms with van der Waals surface area (Å²) >= 11 is 0. The third-order valence-electron chi connectivity index (χ3n) is 7.14. The second kappa shape index (κ2) is 9.22. The van der Waals surface area contributed by atoms with Crippen molar-refractivity contribution in [3.8, 4) is 33.4 Å².